The van der Waals surface area contributed by atoms with E-state index in [0.717, 1.165) is 43.8 Å². The Balaban J connectivity index is 1.29. The highest BCUT2D eigenvalue weighted by molar-refractivity contribution is 5.89. The quantitative estimate of drug-likeness (QED) is 0.647. The summed E-state index contributed by atoms with van der Waals surface area (Å²) in [6.07, 6.45) is 2.00. The number of anilines is 1. The first-order valence-electron chi connectivity index (χ1n) is 11.9. The summed E-state index contributed by atoms with van der Waals surface area (Å²) in [5, 5.41) is 6.10. The van der Waals surface area contributed by atoms with Gasteiger partial charge in [-0.2, -0.15) is 0 Å². The number of hydrogen-bond donors (Lipinski definition) is 2. The maximum Gasteiger partial charge on any atom is 0.237 e. The molecule has 0 bridgehead atoms. The number of nitrogens with one attached hydrogen (secondary N) is 2. The van der Waals surface area contributed by atoms with Gasteiger partial charge >= 0.3 is 0 Å². The van der Waals surface area contributed by atoms with Gasteiger partial charge in [0.05, 0.1) is 19.1 Å². The third-order valence-corrected chi connectivity index (χ3v) is 6.42. The van der Waals surface area contributed by atoms with E-state index < -0.39 is 6.04 Å². The number of para-hydroxylation sites is 1. The molecule has 4 rings (SSSR count). The van der Waals surface area contributed by atoms with Gasteiger partial charge in [0, 0.05) is 44.5 Å². The predicted molar refractivity (Wildman–Crippen MR) is 129 cm³/mol. The van der Waals surface area contributed by atoms with E-state index in [-0.39, 0.29) is 24.3 Å². The molecule has 2 aromatic carbocycles. The van der Waals surface area contributed by atoms with Crippen molar-refractivity contribution in [1.82, 2.24) is 15.5 Å². The maximum atomic E-state index is 12.8. The fourth-order valence-electron chi connectivity index (χ4n) is 4.65. The van der Waals surface area contributed by atoms with E-state index in [1.807, 2.05) is 37.3 Å². The van der Waals surface area contributed by atoms with Crippen molar-refractivity contribution >= 4 is 17.5 Å². The average Bonchev–Trinajstić information content (AvgIpc) is 2.84. The number of amides is 2. The number of carbonyl (C=O) groups is 2. The molecule has 0 saturated carbocycles. The zero-order valence-corrected chi connectivity index (χ0v) is 19.3. The molecule has 2 heterocycles. The third kappa shape index (κ3) is 6.26. The largest absolute Gasteiger partial charge is 0.494 e. The van der Waals surface area contributed by atoms with Crippen LogP contribution in [0.3, 0.4) is 0 Å². The van der Waals surface area contributed by atoms with Crippen LogP contribution in [-0.2, 0) is 16.1 Å². The van der Waals surface area contributed by atoms with Crippen LogP contribution >= 0.6 is 0 Å². The van der Waals surface area contributed by atoms with Crippen LogP contribution in [0.25, 0.3) is 0 Å². The Morgan fingerprint density at radius 2 is 1.79 bits per heavy atom. The summed E-state index contributed by atoms with van der Waals surface area (Å²) >= 11 is 0. The first-order chi connectivity index (χ1) is 16.1. The van der Waals surface area contributed by atoms with Gasteiger partial charge in [-0.25, -0.2) is 0 Å². The van der Waals surface area contributed by atoms with Crippen molar-refractivity contribution in [2.45, 2.75) is 44.8 Å². The highest BCUT2D eigenvalue weighted by atomic mass is 16.5. The topological polar surface area (TPSA) is 73.9 Å². The molecule has 2 amide bonds. The van der Waals surface area contributed by atoms with Crippen LogP contribution in [0.15, 0.2) is 54.6 Å². The molecule has 2 aliphatic rings. The molecule has 1 atom stereocenters. The first-order valence-corrected chi connectivity index (χ1v) is 11.9. The fraction of sp³-hybridized carbons (Fsp3) is 0.462. The average molecular weight is 451 g/mol. The summed E-state index contributed by atoms with van der Waals surface area (Å²) < 4.78 is 5.51. The summed E-state index contributed by atoms with van der Waals surface area (Å²) in [6, 6.07) is 18.0. The Hall–Kier alpha value is -3.06. The van der Waals surface area contributed by atoms with Crippen molar-refractivity contribution in [2.24, 2.45) is 0 Å². The number of piperazine rings is 1. The zero-order chi connectivity index (χ0) is 23.0. The molecule has 33 heavy (non-hydrogen) atoms. The van der Waals surface area contributed by atoms with Gasteiger partial charge in [-0.3, -0.25) is 14.5 Å². The van der Waals surface area contributed by atoms with Crippen molar-refractivity contribution in [2.75, 3.05) is 37.7 Å². The van der Waals surface area contributed by atoms with Crippen LogP contribution < -0.4 is 20.3 Å². The maximum absolute atomic E-state index is 12.8. The summed E-state index contributed by atoms with van der Waals surface area (Å²) in [5.41, 5.74) is 2.33. The summed E-state index contributed by atoms with van der Waals surface area (Å²) in [5.74, 6) is 0.722. The van der Waals surface area contributed by atoms with Crippen LogP contribution in [0, 0.1) is 0 Å². The Kier molecular flexibility index (Phi) is 7.83. The molecular weight excluding hydrogens is 416 g/mol. The molecule has 7 heteroatoms. The van der Waals surface area contributed by atoms with Crippen molar-refractivity contribution < 1.29 is 14.3 Å². The molecule has 2 aromatic rings. The lowest BCUT2D eigenvalue weighted by Gasteiger charge is -2.36. The predicted octanol–water partition coefficient (Wildman–Crippen LogP) is 2.56. The standard InChI is InChI=1S/C26H34N4O3/c1-2-33-23-10-8-20(9-11-23)19-30-17-14-27-26(32)24(30)18-25(31)28-21-12-15-29(16-13-21)22-6-4-3-5-7-22/h3-11,21,24H,2,12-19H2,1H3,(H,27,32)(H,28,31)/t24-/m0/s1. The van der Waals surface area contributed by atoms with Gasteiger partial charge in [0.2, 0.25) is 11.8 Å². The molecular formula is C26H34N4O3. The van der Waals surface area contributed by atoms with Gasteiger partial charge in [-0.1, -0.05) is 30.3 Å². The van der Waals surface area contributed by atoms with Crippen LogP contribution in [-0.4, -0.2) is 61.6 Å². The molecule has 7 nitrogen and oxygen atoms in total. The number of piperidine rings is 1. The zero-order valence-electron chi connectivity index (χ0n) is 19.3. The van der Waals surface area contributed by atoms with Gasteiger partial charge in [0.25, 0.3) is 0 Å². The Morgan fingerprint density at radius 3 is 2.48 bits per heavy atom. The minimum Gasteiger partial charge on any atom is -0.494 e. The molecule has 0 spiro atoms. The molecule has 0 aliphatic carbocycles. The second-order valence-electron chi connectivity index (χ2n) is 8.72. The molecule has 2 N–H and O–H groups in total. The molecule has 2 saturated heterocycles. The van der Waals surface area contributed by atoms with Gasteiger partial charge in [0.15, 0.2) is 0 Å². The number of rotatable bonds is 8. The van der Waals surface area contributed by atoms with Crippen molar-refractivity contribution in [3.8, 4) is 5.75 Å². The van der Waals surface area contributed by atoms with E-state index in [2.05, 4.69) is 44.7 Å². The second kappa shape index (κ2) is 11.2. The molecule has 2 fully saturated rings. The minimum absolute atomic E-state index is 0.0492. The lowest BCUT2D eigenvalue weighted by Crippen LogP contribution is -2.56. The van der Waals surface area contributed by atoms with Crippen molar-refractivity contribution in [3.05, 3.63) is 60.2 Å². The van der Waals surface area contributed by atoms with E-state index >= 15 is 0 Å². The van der Waals surface area contributed by atoms with Crippen LogP contribution in [0.5, 0.6) is 5.75 Å². The summed E-state index contributed by atoms with van der Waals surface area (Å²) in [6.45, 7) is 6.40. The monoisotopic (exact) mass is 450 g/mol. The van der Waals surface area contributed by atoms with Crippen LogP contribution in [0.1, 0.15) is 31.7 Å². The van der Waals surface area contributed by atoms with Gasteiger partial charge in [-0.05, 0) is 49.6 Å². The van der Waals surface area contributed by atoms with Crippen molar-refractivity contribution in [1.29, 1.82) is 0 Å². The van der Waals surface area contributed by atoms with E-state index in [0.29, 0.717) is 19.7 Å². The lowest BCUT2D eigenvalue weighted by atomic mass is 10.0. The van der Waals surface area contributed by atoms with Crippen LogP contribution in [0.4, 0.5) is 5.69 Å². The lowest BCUT2D eigenvalue weighted by molar-refractivity contribution is -0.134. The number of benzene rings is 2. The summed E-state index contributed by atoms with van der Waals surface area (Å²) in [7, 11) is 0. The van der Waals surface area contributed by atoms with Gasteiger partial charge in [0.1, 0.15) is 5.75 Å². The van der Waals surface area contributed by atoms with E-state index in [9.17, 15) is 9.59 Å². The highest BCUT2D eigenvalue weighted by Gasteiger charge is 2.32. The van der Waals surface area contributed by atoms with Gasteiger partial charge < -0.3 is 20.3 Å². The molecule has 0 radical (unpaired) electrons. The second-order valence-corrected chi connectivity index (χ2v) is 8.72. The van der Waals surface area contributed by atoms with E-state index in [4.69, 9.17) is 4.74 Å². The molecule has 176 valence electrons. The molecule has 0 aromatic heterocycles. The summed E-state index contributed by atoms with van der Waals surface area (Å²) in [4.78, 5) is 29.9. The molecule has 0 unspecified atom stereocenters. The normalized spacial score (nSPS) is 19.7. The Labute approximate surface area is 196 Å². The Bertz CT molecular complexity index is 911. The highest BCUT2D eigenvalue weighted by Crippen LogP contribution is 2.20. The SMILES string of the molecule is CCOc1ccc(CN2CCNC(=O)[C@@H]2CC(=O)NC2CCN(c3ccccc3)CC2)cc1. The molecule has 2 aliphatic heterocycles. The van der Waals surface area contributed by atoms with E-state index in [1.54, 1.807) is 0 Å². The number of ether oxygens (including phenoxy) is 1. The number of hydrogen-bond acceptors (Lipinski definition) is 5. The fourth-order valence-corrected chi connectivity index (χ4v) is 4.65. The number of carbonyl (C=O) groups excluding carboxylic acids is 2. The minimum atomic E-state index is -0.449. The van der Waals surface area contributed by atoms with Gasteiger partial charge in [-0.15, -0.1) is 0 Å². The van der Waals surface area contributed by atoms with Crippen molar-refractivity contribution in [3.63, 3.8) is 0 Å². The number of nitrogens with zero attached hydrogens (tertiary/aromatic N) is 2. The van der Waals surface area contributed by atoms with Crippen LogP contribution in [0.2, 0.25) is 0 Å². The Morgan fingerprint density at radius 1 is 1.06 bits per heavy atom. The smallest absolute Gasteiger partial charge is 0.237 e. The van der Waals surface area contributed by atoms with E-state index in [1.165, 1.54) is 5.69 Å². The first kappa shape index (κ1) is 23.1. The third-order valence-electron chi connectivity index (χ3n) is 6.42.